The van der Waals surface area contributed by atoms with Gasteiger partial charge in [0.2, 0.25) is 11.8 Å². The van der Waals surface area contributed by atoms with Crippen molar-refractivity contribution >= 4 is 27.6 Å². The summed E-state index contributed by atoms with van der Waals surface area (Å²) >= 11 is 0. The van der Waals surface area contributed by atoms with Crippen LogP contribution in [0, 0.1) is 6.92 Å². The molecular formula is C18H16N2O4S2. The molecule has 6 nitrogen and oxygen atoms in total. The molecule has 3 rings (SSSR count). The largest absolute Gasteiger partial charge is 0.492 e. The fourth-order valence-corrected chi connectivity index (χ4v) is 4.25. The molecule has 0 saturated heterocycles. The molecule has 0 aliphatic rings. The van der Waals surface area contributed by atoms with Gasteiger partial charge in [-0.05, 0) is 53.1 Å². The lowest BCUT2D eigenvalue weighted by molar-refractivity contribution is 0.0381. The zero-order valence-electron chi connectivity index (χ0n) is 13.8. The van der Waals surface area contributed by atoms with Crippen molar-refractivity contribution in [3.63, 3.8) is 0 Å². The quantitative estimate of drug-likeness (QED) is 0.621. The molecule has 134 valence electrons. The summed E-state index contributed by atoms with van der Waals surface area (Å²) in [5.74, 6) is -0.613. The summed E-state index contributed by atoms with van der Waals surface area (Å²) in [6.45, 7) is 1.92. The number of pyridine rings is 1. The molecule has 0 atom stereocenters. The highest BCUT2D eigenvalue weighted by Crippen LogP contribution is 2.33. The number of aromatic nitrogens is 2. The Morgan fingerprint density at radius 3 is 2.58 bits per heavy atom. The van der Waals surface area contributed by atoms with Crippen LogP contribution in [-0.4, -0.2) is 25.9 Å². The van der Waals surface area contributed by atoms with Gasteiger partial charge in [-0.3, -0.25) is 0 Å². The minimum Gasteiger partial charge on any atom is -0.492 e. The second-order valence-corrected chi connectivity index (χ2v) is 7.69. The molecule has 0 fully saturated rings. The number of hydrogen-bond donors (Lipinski definition) is 2. The highest BCUT2D eigenvalue weighted by molar-refractivity contribution is 8.76. The number of hydrogen-bond acceptors (Lipinski definition) is 7. The van der Waals surface area contributed by atoms with Crippen molar-refractivity contribution in [2.24, 2.45) is 0 Å². The molecule has 1 aromatic carbocycles. The third-order valence-electron chi connectivity index (χ3n) is 3.55. The fourth-order valence-electron chi connectivity index (χ4n) is 2.17. The van der Waals surface area contributed by atoms with E-state index in [1.807, 2.05) is 31.2 Å². The van der Waals surface area contributed by atoms with Crippen LogP contribution in [0.5, 0.6) is 11.8 Å². The third kappa shape index (κ3) is 4.33. The van der Waals surface area contributed by atoms with E-state index in [2.05, 4.69) is 4.98 Å². The molecule has 0 unspecified atom stereocenters. The van der Waals surface area contributed by atoms with Crippen molar-refractivity contribution in [1.82, 2.24) is 9.71 Å². The van der Waals surface area contributed by atoms with Gasteiger partial charge in [0.05, 0.1) is 5.56 Å². The Morgan fingerprint density at radius 1 is 1.15 bits per heavy atom. The van der Waals surface area contributed by atoms with E-state index in [9.17, 15) is 15.0 Å². The Bertz CT molecular complexity index is 893. The maximum atomic E-state index is 12.2. The number of carbonyl (C=O) groups is 1. The van der Waals surface area contributed by atoms with Gasteiger partial charge in [-0.15, -0.1) is 4.73 Å². The Balaban J connectivity index is 1.62. The number of benzene rings is 1. The van der Waals surface area contributed by atoms with Gasteiger partial charge in [0, 0.05) is 24.1 Å². The summed E-state index contributed by atoms with van der Waals surface area (Å²) in [4.78, 5) is 21.4. The van der Waals surface area contributed by atoms with E-state index >= 15 is 0 Å². The van der Waals surface area contributed by atoms with Crippen molar-refractivity contribution in [2.75, 3.05) is 0 Å². The van der Waals surface area contributed by atoms with Crippen LogP contribution in [-0.2, 0) is 5.75 Å². The lowest BCUT2D eigenvalue weighted by Gasteiger charge is -2.09. The molecule has 0 spiro atoms. The minimum absolute atomic E-state index is 0.334. The summed E-state index contributed by atoms with van der Waals surface area (Å²) in [7, 11) is 3.26. The molecule has 2 aromatic heterocycles. The highest BCUT2D eigenvalue weighted by atomic mass is 33.1. The summed E-state index contributed by atoms with van der Waals surface area (Å²) in [5.41, 5.74) is 2.39. The lowest BCUT2D eigenvalue weighted by atomic mass is 10.1. The first-order chi connectivity index (χ1) is 12.5. The van der Waals surface area contributed by atoms with Crippen LogP contribution < -0.4 is 4.84 Å². The van der Waals surface area contributed by atoms with Crippen LogP contribution >= 0.6 is 21.6 Å². The van der Waals surface area contributed by atoms with E-state index in [0.29, 0.717) is 10.3 Å². The molecule has 0 aliphatic heterocycles. The third-order valence-corrected chi connectivity index (χ3v) is 5.72. The van der Waals surface area contributed by atoms with Gasteiger partial charge in [-0.2, -0.15) is 0 Å². The second-order valence-electron chi connectivity index (χ2n) is 5.38. The molecule has 2 heterocycles. The van der Waals surface area contributed by atoms with Gasteiger partial charge in [0.15, 0.2) is 0 Å². The van der Waals surface area contributed by atoms with E-state index in [4.69, 9.17) is 4.84 Å². The Hall–Kier alpha value is -2.58. The number of aryl methyl sites for hydroxylation is 1. The van der Waals surface area contributed by atoms with Gasteiger partial charge in [0.25, 0.3) is 0 Å². The van der Waals surface area contributed by atoms with Gasteiger partial charge in [0.1, 0.15) is 5.03 Å². The van der Waals surface area contributed by atoms with Crippen LogP contribution in [0.4, 0.5) is 0 Å². The number of carbonyl (C=O) groups excluding carboxylic acids is 1. The van der Waals surface area contributed by atoms with Crippen LogP contribution in [0.25, 0.3) is 0 Å². The lowest BCUT2D eigenvalue weighted by Crippen LogP contribution is -2.19. The molecule has 0 radical (unpaired) electrons. The van der Waals surface area contributed by atoms with Crippen LogP contribution in [0.2, 0.25) is 0 Å². The van der Waals surface area contributed by atoms with Crippen molar-refractivity contribution in [3.8, 4) is 11.8 Å². The molecule has 26 heavy (non-hydrogen) atoms. The molecule has 2 N–H and O–H groups in total. The molecule has 0 amide bonds. The molecule has 0 saturated carbocycles. The predicted molar refractivity (Wildman–Crippen MR) is 101 cm³/mol. The normalized spacial score (nSPS) is 10.7. The van der Waals surface area contributed by atoms with Crippen LogP contribution in [0.1, 0.15) is 21.5 Å². The van der Waals surface area contributed by atoms with E-state index in [0.717, 1.165) is 21.9 Å². The van der Waals surface area contributed by atoms with Gasteiger partial charge in [-0.25, -0.2) is 9.78 Å². The number of nitrogens with zero attached hydrogens (tertiary/aromatic N) is 2. The maximum absolute atomic E-state index is 12.2. The summed E-state index contributed by atoms with van der Waals surface area (Å²) in [6, 6.07) is 13.5. The predicted octanol–water partition coefficient (Wildman–Crippen LogP) is 3.81. The van der Waals surface area contributed by atoms with Crippen molar-refractivity contribution in [1.29, 1.82) is 0 Å². The van der Waals surface area contributed by atoms with Gasteiger partial charge >= 0.3 is 5.97 Å². The average molecular weight is 388 g/mol. The smallest absolute Gasteiger partial charge is 0.363 e. The zero-order valence-corrected chi connectivity index (χ0v) is 15.5. The Morgan fingerprint density at radius 2 is 1.92 bits per heavy atom. The molecule has 3 aromatic rings. The van der Waals surface area contributed by atoms with Gasteiger partial charge < -0.3 is 15.1 Å². The molecule has 8 heteroatoms. The van der Waals surface area contributed by atoms with E-state index < -0.39 is 5.97 Å². The van der Waals surface area contributed by atoms with E-state index in [1.54, 1.807) is 39.9 Å². The zero-order chi connectivity index (χ0) is 18.5. The Labute approximate surface area is 158 Å². The maximum Gasteiger partial charge on any atom is 0.363 e. The Kier molecular flexibility index (Phi) is 5.75. The fraction of sp³-hybridized carbons (Fsp3) is 0.111. The molecule has 0 bridgehead atoms. The topological polar surface area (TPSA) is 84.6 Å². The average Bonchev–Trinajstić information content (AvgIpc) is 2.96. The first-order valence-electron chi connectivity index (χ1n) is 7.67. The highest BCUT2D eigenvalue weighted by Gasteiger charge is 2.15. The second kappa shape index (κ2) is 8.20. The van der Waals surface area contributed by atoms with E-state index in [1.165, 1.54) is 12.1 Å². The summed E-state index contributed by atoms with van der Waals surface area (Å²) in [5, 5.41) is 20.0. The van der Waals surface area contributed by atoms with Crippen molar-refractivity contribution in [3.05, 3.63) is 71.4 Å². The van der Waals surface area contributed by atoms with Crippen molar-refractivity contribution in [2.45, 2.75) is 17.7 Å². The first kappa shape index (κ1) is 18.2. The van der Waals surface area contributed by atoms with Crippen LogP contribution in [0.3, 0.4) is 0 Å². The van der Waals surface area contributed by atoms with Gasteiger partial charge in [-0.1, -0.05) is 22.9 Å². The number of aromatic hydroxyl groups is 2. The van der Waals surface area contributed by atoms with E-state index in [-0.39, 0.29) is 11.8 Å². The molecule has 0 aliphatic carbocycles. The monoisotopic (exact) mass is 388 g/mol. The standard InChI is InChI=1S/C18H16N2O4S2/c1-12-10-13(18(23)24-20-16(21)7-8-17(20)22)5-6-14(12)11-25-26-15-4-2-3-9-19-15/h2-10,21-22H,11H2,1H3. The summed E-state index contributed by atoms with van der Waals surface area (Å²) < 4.78 is 0.672. The van der Waals surface area contributed by atoms with Crippen molar-refractivity contribution < 1.29 is 19.8 Å². The van der Waals surface area contributed by atoms with Crippen LogP contribution in [0.15, 0.2) is 59.8 Å². The number of rotatable bonds is 6. The molecular weight excluding hydrogens is 372 g/mol. The SMILES string of the molecule is Cc1cc(C(=O)On2c(O)ccc2O)ccc1CSSc1ccccn1. The minimum atomic E-state index is -0.669. The summed E-state index contributed by atoms with van der Waals surface area (Å²) in [6.07, 6.45) is 1.76. The first-order valence-corrected chi connectivity index (χ1v) is 9.99.